The number of hydrogen-bond donors (Lipinski definition) is 0. The van der Waals surface area contributed by atoms with Gasteiger partial charge in [-0.25, -0.2) is 0 Å². The molecule has 0 spiro atoms. The minimum atomic E-state index is 0. The Labute approximate surface area is 718 Å². The summed E-state index contributed by atoms with van der Waals surface area (Å²) in [5.41, 5.74) is 0. The van der Waals surface area contributed by atoms with Crippen LogP contribution in [0.15, 0.2) is 0 Å². The standard InChI is InChI=1S/30Fe.40O/q30*+3;40*-2. The zero-order valence-corrected chi connectivity index (χ0v) is 60.1. The second-order valence-corrected chi connectivity index (χ2v) is 0. The molecule has 0 saturated heterocycles. The van der Waals surface area contributed by atoms with Gasteiger partial charge in [0.05, 0.1) is 0 Å². The normalized spacial score (nSPS) is 0. The summed E-state index contributed by atoms with van der Waals surface area (Å²) in [7, 11) is 0. The van der Waals surface area contributed by atoms with Crippen LogP contribution in [-0.4, -0.2) is 0 Å². The van der Waals surface area contributed by atoms with Crippen LogP contribution >= 0.6 is 0 Å². The molecule has 0 bridgehead atoms. The molecule has 0 aromatic heterocycles. The maximum Gasteiger partial charge on any atom is 3.00 e. The summed E-state index contributed by atoms with van der Waals surface area (Å²) in [5.74, 6) is 0. The Morgan fingerprint density at radius 2 is 0.0286 bits per heavy atom. The molecule has 0 rings (SSSR count). The van der Waals surface area contributed by atoms with Crippen LogP contribution in [0.5, 0.6) is 0 Å². The van der Waals surface area contributed by atoms with Gasteiger partial charge in [-0.05, 0) is 0 Å². The third-order valence-electron chi connectivity index (χ3n) is 0. The first kappa shape index (κ1) is 2960. The van der Waals surface area contributed by atoms with Crippen LogP contribution in [0.25, 0.3) is 0 Å². The average Bonchev–Trinajstić information content (AvgIpc) is 0. The van der Waals surface area contributed by atoms with E-state index in [4.69, 9.17) is 0 Å². The Kier molecular flexibility index (Phi) is 120000. The van der Waals surface area contributed by atoms with Crippen LogP contribution in [0.4, 0.5) is 0 Å². The molecule has 0 fully saturated rings. The molecule has 70 heteroatoms. The molecule has 0 aromatic rings. The molecule has 0 N–H and O–H groups in total. The van der Waals surface area contributed by atoms with Crippen molar-refractivity contribution in [3.8, 4) is 0 Å². The maximum absolute atomic E-state index is 0. The molecule has 0 amide bonds. The summed E-state index contributed by atoms with van der Waals surface area (Å²) < 4.78 is 0. The molecule has 30 radical (unpaired) electrons. The van der Waals surface area contributed by atoms with Crippen LogP contribution in [0.2, 0.25) is 0 Å². The molecule has 0 unspecified atom stereocenters. The molecular formula is Fe30O40+10. The molecule has 0 aliphatic heterocycles. The van der Waals surface area contributed by atoms with Crippen molar-refractivity contribution < 1.29 is 731 Å². The smallest absolute Gasteiger partial charge is 2.00 e. The van der Waals surface area contributed by atoms with E-state index in [9.17, 15) is 0 Å². The van der Waals surface area contributed by atoms with E-state index in [1.807, 2.05) is 0 Å². The Bertz CT molecular complexity index is 69.0. The van der Waals surface area contributed by atoms with Crippen LogP contribution in [-0.2, 0) is 731 Å². The van der Waals surface area contributed by atoms with E-state index in [1.54, 1.807) is 0 Å². The molecule has 0 aromatic carbocycles. The first-order valence-electron chi connectivity index (χ1n) is 0. The van der Waals surface area contributed by atoms with Crippen molar-refractivity contribution in [1.29, 1.82) is 0 Å². The fourth-order valence-corrected chi connectivity index (χ4v) is 0. The van der Waals surface area contributed by atoms with Crippen molar-refractivity contribution in [1.82, 2.24) is 0 Å². The molecule has 0 aliphatic rings. The largest absolute Gasteiger partial charge is 3.00 e. The van der Waals surface area contributed by atoms with E-state index in [2.05, 4.69) is 0 Å². The fourth-order valence-electron chi connectivity index (χ4n) is 0. The van der Waals surface area contributed by atoms with Gasteiger partial charge < -0.3 is 219 Å². The molecule has 70 heavy (non-hydrogen) atoms. The first-order chi connectivity index (χ1) is 0. The Morgan fingerprint density at radius 1 is 0.0286 bits per heavy atom. The Hall–Kier alpha value is 14.0. The van der Waals surface area contributed by atoms with Crippen LogP contribution in [0.3, 0.4) is 0 Å². The van der Waals surface area contributed by atoms with Gasteiger partial charge in [-0.15, -0.1) is 0 Å². The monoisotopic (exact) mass is 2320 g/mol. The van der Waals surface area contributed by atoms with Gasteiger partial charge in [-0.3, -0.25) is 0 Å². The van der Waals surface area contributed by atoms with Gasteiger partial charge in [0.2, 0.25) is 0 Å². The van der Waals surface area contributed by atoms with E-state index in [-0.39, 0.29) is 731 Å². The van der Waals surface area contributed by atoms with Gasteiger partial charge >= 0.3 is 512 Å². The van der Waals surface area contributed by atoms with Crippen molar-refractivity contribution in [3.05, 3.63) is 0 Å². The average molecular weight is 2320 g/mol. The van der Waals surface area contributed by atoms with Gasteiger partial charge in [0.15, 0.2) is 0 Å². The van der Waals surface area contributed by atoms with E-state index in [0.29, 0.717) is 0 Å². The summed E-state index contributed by atoms with van der Waals surface area (Å²) in [4.78, 5) is 0. The molecular weight excluding hydrogens is 2320 g/mol. The predicted octanol–water partition coefficient (Wildman–Crippen LogP) is -4.83. The summed E-state index contributed by atoms with van der Waals surface area (Å²) in [6, 6.07) is 0. The minimum Gasteiger partial charge on any atom is -2.00 e. The SMILES string of the molecule is [Fe+3].[Fe+3].[Fe+3].[Fe+3].[Fe+3].[Fe+3].[Fe+3].[Fe+3].[Fe+3].[Fe+3].[Fe+3].[Fe+3].[Fe+3].[Fe+3].[Fe+3].[Fe+3].[Fe+3].[Fe+3].[Fe+3].[Fe+3].[Fe+3].[Fe+3].[Fe+3].[Fe+3].[Fe+3].[Fe+3].[Fe+3].[Fe+3].[Fe+3].[Fe+3].[O-2].[O-2].[O-2].[O-2].[O-2].[O-2].[O-2].[O-2].[O-2].[O-2].[O-2].[O-2].[O-2].[O-2].[O-2].[O-2].[O-2].[O-2].[O-2].[O-2].[O-2].[O-2].[O-2].[O-2].[O-2].[O-2].[O-2].[O-2].[O-2].[O-2].[O-2].[O-2].[O-2].[O-2].[O-2].[O-2].[O-2].[O-2].[O-2].[O-2]. The van der Waals surface area contributed by atoms with Gasteiger partial charge in [0, 0.05) is 0 Å². The van der Waals surface area contributed by atoms with Gasteiger partial charge in [-0.1, -0.05) is 0 Å². The number of rotatable bonds is 0. The molecule has 0 heterocycles. The molecule has 470 valence electrons. The van der Waals surface area contributed by atoms with Gasteiger partial charge in [0.1, 0.15) is 0 Å². The zero-order valence-electron chi connectivity index (χ0n) is 26.9. The molecule has 0 atom stereocenters. The van der Waals surface area contributed by atoms with Crippen molar-refractivity contribution >= 4 is 0 Å². The van der Waals surface area contributed by atoms with Gasteiger partial charge in [0.25, 0.3) is 0 Å². The third-order valence-corrected chi connectivity index (χ3v) is 0. The Morgan fingerprint density at radius 3 is 0.0286 bits per heavy atom. The maximum atomic E-state index is 0. The quantitative estimate of drug-likeness (QED) is 0.206. The van der Waals surface area contributed by atoms with Crippen molar-refractivity contribution in [2.75, 3.05) is 0 Å². The van der Waals surface area contributed by atoms with E-state index >= 15 is 0 Å². The second kappa shape index (κ2) is 2850. The number of hydrogen-bond acceptors (Lipinski definition) is 0. The first-order valence-corrected chi connectivity index (χ1v) is 0. The van der Waals surface area contributed by atoms with E-state index in [0.717, 1.165) is 0 Å². The summed E-state index contributed by atoms with van der Waals surface area (Å²) in [5, 5.41) is 0. The van der Waals surface area contributed by atoms with Gasteiger partial charge in [-0.2, -0.15) is 0 Å². The Balaban J connectivity index is 0. The fraction of sp³-hybridized carbons (Fsp3) is 0. The summed E-state index contributed by atoms with van der Waals surface area (Å²) in [6.07, 6.45) is 0. The molecule has 0 aliphatic carbocycles. The molecule has 0 saturated carbocycles. The van der Waals surface area contributed by atoms with Crippen LogP contribution in [0, 0.1) is 0 Å². The molecule has 40 nitrogen and oxygen atoms in total. The second-order valence-electron chi connectivity index (χ2n) is 0. The van der Waals surface area contributed by atoms with E-state index < -0.39 is 0 Å². The zero-order chi connectivity index (χ0) is 0. The van der Waals surface area contributed by atoms with Crippen LogP contribution in [0.1, 0.15) is 0 Å². The van der Waals surface area contributed by atoms with E-state index in [1.165, 1.54) is 0 Å². The minimum absolute atomic E-state index is 0. The van der Waals surface area contributed by atoms with Crippen molar-refractivity contribution in [2.45, 2.75) is 0 Å². The topological polar surface area (TPSA) is 1140 Å². The van der Waals surface area contributed by atoms with Crippen molar-refractivity contribution in [2.24, 2.45) is 0 Å². The predicted molar refractivity (Wildman–Crippen MR) is 27.5 cm³/mol. The summed E-state index contributed by atoms with van der Waals surface area (Å²) in [6.45, 7) is 0. The van der Waals surface area contributed by atoms with Crippen molar-refractivity contribution in [3.63, 3.8) is 0 Å². The summed E-state index contributed by atoms with van der Waals surface area (Å²) >= 11 is 0. The van der Waals surface area contributed by atoms with Crippen LogP contribution < -0.4 is 0 Å². The third kappa shape index (κ3) is 2750.